The van der Waals surface area contributed by atoms with Crippen LogP contribution in [-0.2, 0) is 0 Å². The Balaban J connectivity index is 2.97. The standard InChI is InChI=1S/C11H14N2/c1-9-10(5-4-8-13-9)6-7-11(2,3)12/h4-5,8H,12H2,1-3H3. The van der Waals surface area contributed by atoms with Gasteiger partial charge in [0, 0.05) is 11.8 Å². The molecular formula is C11H14N2. The lowest BCUT2D eigenvalue weighted by molar-refractivity contribution is 0.680. The molecule has 0 unspecified atom stereocenters. The van der Waals surface area contributed by atoms with Gasteiger partial charge in [-0.3, -0.25) is 4.98 Å². The summed E-state index contributed by atoms with van der Waals surface area (Å²) in [6.07, 6.45) is 1.76. The molecule has 2 heteroatoms. The van der Waals surface area contributed by atoms with E-state index in [0.29, 0.717) is 0 Å². The van der Waals surface area contributed by atoms with Crippen molar-refractivity contribution in [1.82, 2.24) is 4.98 Å². The predicted molar refractivity (Wildman–Crippen MR) is 54.1 cm³/mol. The van der Waals surface area contributed by atoms with E-state index in [-0.39, 0.29) is 0 Å². The fraction of sp³-hybridized carbons (Fsp3) is 0.364. The second kappa shape index (κ2) is 3.59. The third-order valence-corrected chi connectivity index (χ3v) is 1.53. The Bertz CT molecular complexity index is 350. The van der Waals surface area contributed by atoms with E-state index >= 15 is 0 Å². The van der Waals surface area contributed by atoms with E-state index < -0.39 is 5.54 Å². The van der Waals surface area contributed by atoms with Crippen LogP contribution in [0.5, 0.6) is 0 Å². The third-order valence-electron chi connectivity index (χ3n) is 1.53. The fourth-order valence-electron chi connectivity index (χ4n) is 0.845. The third kappa shape index (κ3) is 3.27. The minimum absolute atomic E-state index is 0.442. The molecule has 0 aliphatic carbocycles. The molecule has 68 valence electrons. The molecule has 2 nitrogen and oxygen atoms in total. The molecule has 0 saturated carbocycles. The lowest BCUT2D eigenvalue weighted by Gasteiger charge is -2.07. The molecule has 0 radical (unpaired) electrons. The topological polar surface area (TPSA) is 38.9 Å². The molecule has 1 aromatic rings. The minimum atomic E-state index is -0.442. The first-order chi connectivity index (χ1) is 5.99. The van der Waals surface area contributed by atoms with Crippen LogP contribution in [0, 0.1) is 18.8 Å². The van der Waals surface area contributed by atoms with Crippen molar-refractivity contribution in [1.29, 1.82) is 0 Å². The van der Waals surface area contributed by atoms with Crippen molar-refractivity contribution in [3.05, 3.63) is 29.6 Å². The first-order valence-electron chi connectivity index (χ1n) is 4.23. The van der Waals surface area contributed by atoms with Crippen molar-refractivity contribution < 1.29 is 0 Å². The highest BCUT2D eigenvalue weighted by molar-refractivity contribution is 5.38. The predicted octanol–water partition coefficient (Wildman–Crippen LogP) is 1.48. The van der Waals surface area contributed by atoms with Gasteiger partial charge in [-0.15, -0.1) is 0 Å². The van der Waals surface area contributed by atoms with Gasteiger partial charge in [0.15, 0.2) is 0 Å². The Morgan fingerprint density at radius 2 is 2.15 bits per heavy atom. The van der Waals surface area contributed by atoms with Gasteiger partial charge in [0.2, 0.25) is 0 Å². The van der Waals surface area contributed by atoms with E-state index in [1.165, 1.54) is 0 Å². The van der Waals surface area contributed by atoms with Crippen LogP contribution < -0.4 is 5.73 Å². The van der Waals surface area contributed by atoms with Crippen molar-refractivity contribution in [2.75, 3.05) is 0 Å². The molecule has 0 bridgehead atoms. The number of pyridine rings is 1. The van der Waals surface area contributed by atoms with Gasteiger partial charge < -0.3 is 5.73 Å². The van der Waals surface area contributed by atoms with Crippen LogP contribution >= 0.6 is 0 Å². The summed E-state index contributed by atoms with van der Waals surface area (Å²) in [5.41, 5.74) is 7.19. The highest BCUT2D eigenvalue weighted by Crippen LogP contribution is 2.02. The molecule has 1 rings (SSSR count). The van der Waals surface area contributed by atoms with Gasteiger partial charge in [-0.1, -0.05) is 11.8 Å². The van der Waals surface area contributed by atoms with E-state index in [9.17, 15) is 0 Å². The molecule has 0 saturated heterocycles. The Kier molecular flexibility index (Phi) is 2.69. The van der Waals surface area contributed by atoms with Crippen molar-refractivity contribution >= 4 is 0 Å². The SMILES string of the molecule is Cc1ncccc1C#CC(C)(C)N. The lowest BCUT2D eigenvalue weighted by atomic mass is 10.1. The molecule has 2 N–H and O–H groups in total. The Morgan fingerprint density at radius 3 is 2.69 bits per heavy atom. The maximum absolute atomic E-state index is 5.74. The molecule has 1 aromatic heterocycles. The second-order valence-electron chi connectivity index (χ2n) is 3.61. The summed E-state index contributed by atoms with van der Waals surface area (Å²) < 4.78 is 0. The van der Waals surface area contributed by atoms with E-state index in [4.69, 9.17) is 5.73 Å². The van der Waals surface area contributed by atoms with Gasteiger partial charge >= 0.3 is 0 Å². The number of aromatic nitrogens is 1. The highest BCUT2D eigenvalue weighted by Gasteiger charge is 2.03. The van der Waals surface area contributed by atoms with Gasteiger partial charge in [-0.2, -0.15) is 0 Å². The summed E-state index contributed by atoms with van der Waals surface area (Å²) >= 11 is 0. The van der Waals surface area contributed by atoms with Gasteiger partial charge in [0.25, 0.3) is 0 Å². The molecule has 13 heavy (non-hydrogen) atoms. The molecule has 0 aromatic carbocycles. The first kappa shape index (κ1) is 9.76. The number of nitrogens with two attached hydrogens (primary N) is 1. The summed E-state index contributed by atoms with van der Waals surface area (Å²) in [5, 5.41) is 0. The van der Waals surface area contributed by atoms with E-state index in [0.717, 1.165) is 11.3 Å². The van der Waals surface area contributed by atoms with E-state index in [1.807, 2.05) is 32.9 Å². The van der Waals surface area contributed by atoms with Gasteiger partial charge in [0.1, 0.15) is 0 Å². The normalized spacial score (nSPS) is 10.5. The average Bonchev–Trinajstić information content (AvgIpc) is 2.01. The largest absolute Gasteiger partial charge is 0.316 e. The maximum Gasteiger partial charge on any atom is 0.0722 e. The van der Waals surface area contributed by atoms with Crippen LogP contribution in [0.2, 0.25) is 0 Å². The molecule has 1 heterocycles. The summed E-state index contributed by atoms with van der Waals surface area (Å²) in [6, 6.07) is 3.82. The van der Waals surface area contributed by atoms with Crippen LogP contribution in [0.15, 0.2) is 18.3 Å². The zero-order valence-corrected chi connectivity index (χ0v) is 8.26. The van der Waals surface area contributed by atoms with Gasteiger partial charge in [0.05, 0.1) is 11.2 Å². The minimum Gasteiger partial charge on any atom is -0.316 e. The molecule has 0 aliphatic heterocycles. The molecule has 0 aliphatic rings. The van der Waals surface area contributed by atoms with Crippen LogP contribution in [0.25, 0.3) is 0 Å². The maximum atomic E-state index is 5.74. The monoisotopic (exact) mass is 174 g/mol. The molecule has 0 atom stereocenters. The number of nitrogens with zero attached hydrogens (tertiary/aromatic N) is 1. The second-order valence-corrected chi connectivity index (χ2v) is 3.61. The molecular weight excluding hydrogens is 160 g/mol. The van der Waals surface area contributed by atoms with Crippen molar-refractivity contribution in [2.24, 2.45) is 5.73 Å². The van der Waals surface area contributed by atoms with Crippen LogP contribution in [0.3, 0.4) is 0 Å². The van der Waals surface area contributed by atoms with Crippen LogP contribution in [-0.4, -0.2) is 10.5 Å². The number of rotatable bonds is 0. The summed E-state index contributed by atoms with van der Waals surface area (Å²) in [5.74, 6) is 5.98. The fourth-order valence-corrected chi connectivity index (χ4v) is 0.845. The van der Waals surface area contributed by atoms with E-state index in [1.54, 1.807) is 6.20 Å². The van der Waals surface area contributed by atoms with Crippen LogP contribution in [0.1, 0.15) is 25.1 Å². The lowest BCUT2D eigenvalue weighted by Crippen LogP contribution is -2.29. The van der Waals surface area contributed by atoms with Gasteiger partial charge in [-0.05, 0) is 32.9 Å². The van der Waals surface area contributed by atoms with Crippen molar-refractivity contribution in [2.45, 2.75) is 26.3 Å². The smallest absolute Gasteiger partial charge is 0.0722 e. The van der Waals surface area contributed by atoms with Crippen molar-refractivity contribution in [3.8, 4) is 11.8 Å². The molecule has 0 spiro atoms. The summed E-state index contributed by atoms with van der Waals surface area (Å²) in [4.78, 5) is 4.14. The van der Waals surface area contributed by atoms with Crippen molar-refractivity contribution in [3.63, 3.8) is 0 Å². The molecule has 0 amide bonds. The molecule has 0 fully saturated rings. The summed E-state index contributed by atoms with van der Waals surface area (Å²) in [6.45, 7) is 5.70. The Labute approximate surface area is 79.2 Å². The van der Waals surface area contributed by atoms with Crippen LogP contribution in [0.4, 0.5) is 0 Å². The van der Waals surface area contributed by atoms with Gasteiger partial charge in [-0.25, -0.2) is 0 Å². The zero-order valence-electron chi connectivity index (χ0n) is 8.26. The zero-order chi connectivity index (χ0) is 9.90. The quantitative estimate of drug-likeness (QED) is 0.605. The Morgan fingerprint density at radius 1 is 1.46 bits per heavy atom. The summed E-state index contributed by atoms with van der Waals surface area (Å²) in [7, 11) is 0. The number of aryl methyl sites for hydroxylation is 1. The first-order valence-corrected chi connectivity index (χ1v) is 4.23. The number of hydrogen-bond acceptors (Lipinski definition) is 2. The highest BCUT2D eigenvalue weighted by atomic mass is 14.7. The number of hydrogen-bond donors (Lipinski definition) is 1. The Hall–Kier alpha value is -1.33. The van der Waals surface area contributed by atoms with E-state index in [2.05, 4.69) is 16.8 Å². The average molecular weight is 174 g/mol.